The second kappa shape index (κ2) is 5.89. The van der Waals surface area contributed by atoms with Crippen molar-refractivity contribution >= 4 is 0 Å². The van der Waals surface area contributed by atoms with Gasteiger partial charge in [-0.2, -0.15) is 0 Å². The maximum absolute atomic E-state index is 5.96. The Bertz CT molecular complexity index is 163. The number of hydrogen-bond donors (Lipinski definition) is 0. The van der Waals surface area contributed by atoms with Gasteiger partial charge in [-0.1, -0.05) is 40.0 Å². The summed E-state index contributed by atoms with van der Waals surface area (Å²) in [7, 11) is 0. The van der Waals surface area contributed by atoms with E-state index in [9.17, 15) is 0 Å². The summed E-state index contributed by atoms with van der Waals surface area (Å²) < 4.78 is 5.96. The van der Waals surface area contributed by atoms with E-state index >= 15 is 0 Å². The highest BCUT2D eigenvalue weighted by atomic mass is 16.5. The van der Waals surface area contributed by atoms with E-state index in [0.717, 1.165) is 12.5 Å². The molecule has 0 amide bonds. The van der Waals surface area contributed by atoms with Crippen molar-refractivity contribution in [2.45, 2.75) is 72.3 Å². The van der Waals surface area contributed by atoms with Crippen molar-refractivity contribution in [3.05, 3.63) is 0 Å². The maximum atomic E-state index is 5.96. The Kier molecular flexibility index (Phi) is 5.11. The van der Waals surface area contributed by atoms with E-state index in [-0.39, 0.29) is 0 Å². The molecule has 0 aromatic rings. The quantitative estimate of drug-likeness (QED) is 0.671. The normalized spacial score (nSPS) is 21.6. The Morgan fingerprint density at radius 2 is 1.73 bits per heavy atom. The van der Waals surface area contributed by atoms with E-state index in [2.05, 4.69) is 27.7 Å². The Balaban J connectivity index is 2.12. The molecule has 1 unspecified atom stereocenters. The largest absolute Gasteiger partial charge is 0.378 e. The zero-order valence-electron chi connectivity index (χ0n) is 11.0. The summed E-state index contributed by atoms with van der Waals surface area (Å²) in [5, 5.41) is 0. The molecule has 1 saturated carbocycles. The van der Waals surface area contributed by atoms with Gasteiger partial charge >= 0.3 is 0 Å². The van der Waals surface area contributed by atoms with Crippen LogP contribution >= 0.6 is 0 Å². The van der Waals surface area contributed by atoms with Crippen LogP contribution in [0, 0.1) is 11.3 Å². The van der Waals surface area contributed by atoms with Gasteiger partial charge in [0.25, 0.3) is 0 Å². The van der Waals surface area contributed by atoms with Crippen LogP contribution in [-0.4, -0.2) is 12.7 Å². The van der Waals surface area contributed by atoms with Crippen LogP contribution in [0.1, 0.15) is 66.2 Å². The third kappa shape index (κ3) is 6.19. The lowest BCUT2D eigenvalue weighted by atomic mass is 9.89. The number of rotatable bonds is 4. The number of hydrogen-bond acceptors (Lipinski definition) is 1. The van der Waals surface area contributed by atoms with Gasteiger partial charge in [-0.15, -0.1) is 0 Å². The molecule has 90 valence electrons. The van der Waals surface area contributed by atoms with Gasteiger partial charge in [0.1, 0.15) is 0 Å². The molecule has 1 fully saturated rings. The van der Waals surface area contributed by atoms with Crippen LogP contribution in [0.25, 0.3) is 0 Å². The third-order valence-electron chi connectivity index (χ3n) is 3.24. The molecule has 0 aliphatic heterocycles. The fraction of sp³-hybridized carbons (Fsp3) is 1.00. The molecule has 0 saturated heterocycles. The van der Waals surface area contributed by atoms with Gasteiger partial charge < -0.3 is 4.74 Å². The molecule has 1 rings (SSSR count). The van der Waals surface area contributed by atoms with Crippen LogP contribution in [0.15, 0.2) is 0 Å². The maximum Gasteiger partial charge on any atom is 0.0552 e. The summed E-state index contributed by atoms with van der Waals surface area (Å²) in [5.74, 6) is 0.848. The van der Waals surface area contributed by atoms with E-state index in [1.54, 1.807) is 0 Å². The monoisotopic (exact) mass is 212 g/mol. The summed E-state index contributed by atoms with van der Waals surface area (Å²) in [6.45, 7) is 10.1. The van der Waals surface area contributed by atoms with Gasteiger partial charge in [0.2, 0.25) is 0 Å². The van der Waals surface area contributed by atoms with Crippen molar-refractivity contribution in [1.29, 1.82) is 0 Å². The predicted molar refractivity (Wildman–Crippen MR) is 66.1 cm³/mol. The minimum Gasteiger partial charge on any atom is -0.378 e. The standard InChI is InChI=1S/C14H28O/c1-12(10-14(2,3)4)15-11-13-8-6-5-7-9-13/h12-13H,5-11H2,1-4H3. The molecule has 1 heteroatoms. The van der Waals surface area contributed by atoms with E-state index in [0.29, 0.717) is 11.5 Å². The van der Waals surface area contributed by atoms with Crippen molar-refractivity contribution in [1.82, 2.24) is 0 Å². The molecular weight excluding hydrogens is 184 g/mol. The highest BCUT2D eigenvalue weighted by Gasteiger charge is 2.18. The Hall–Kier alpha value is -0.0400. The van der Waals surface area contributed by atoms with Crippen molar-refractivity contribution < 1.29 is 4.74 Å². The zero-order chi connectivity index (χ0) is 11.3. The third-order valence-corrected chi connectivity index (χ3v) is 3.24. The number of ether oxygens (including phenoxy) is 1. The van der Waals surface area contributed by atoms with Gasteiger partial charge in [0.05, 0.1) is 6.10 Å². The SMILES string of the molecule is CC(CC(C)(C)C)OCC1CCCCC1. The minimum absolute atomic E-state index is 0.395. The first-order chi connectivity index (χ1) is 6.97. The van der Waals surface area contributed by atoms with Crippen molar-refractivity contribution in [2.75, 3.05) is 6.61 Å². The fourth-order valence-electron chi connectivity index (χ4n) is 2.58. The highest BCUT2D eigenvalue weighted by molar-refractivity contribution is 4.68. The lowest BCUT2D eigenvalue weighted by molar-refractivity contribution is 0.0100. The highest BCUT2D eigenvalue weighted by Crippen LogP contribution is 2.26. The Labute approximate surface area is 95.6 Å². The van der Waals surface area contributed by atoms with Gasteiger partial charge in [-0.3, -0.25) is 0 Å². The first kappa shape index (κ1) is 13.0. The van der Waals surface area contributed by atoms with Gasteiger partial charge in [-0.05, 0) is 37.5 Å². The van der Waals surface area contributed by atoms with Crippen LogP contribution in [0.5, 0.6) is 0 Å². The van der Waals surface area contributed by atoms with Gasteiger partial charge in [0.15, 0.2) is 0 Å². The van der Waals surface area contributed by atoms with E-state index in [4.69, 9.17) is 4.74 Å². The Morgan fingerprint density at radius 3 is 2.27 bits per heavy atom. The van der Waals surface area contributed by atoms with Gasteiger partial charge in [-0.25, -0.2) is 0 Å². The molecule has 1 atom stereocenters. The summed E-state index contributed by atoms with van der Waals surface area (Å²) in [5.41, 5.74) is 0.395. The van der Waals surface area contributed by atoms with Crippen LogP contribution in [0.3, 0.4) is 0 Å². The molecule has 15 heavy (non-hydrogen) atoms. The molecule has 0 N–H and O–H groups in total. The summed E-state index contributed by atoms with van der Waals surface area (Å²) in [4.78, 5) is 0. The lowest BCUT2D eigenvalue weighted by Crippen LogP contribution is -2.22. The molecule has 1 nitrogen and oxygen atoms in total. The summed E-state index contributed by atoms with van der Waals surface area (Å²) >= 11 is 0. The summed E-state index contributed by atoms with van der Waals surface area (Å²) in [6, 6.07) is 0. The molecular formula is C14H28O. The topological polar surface area (TPSA) is 9.23 Å². The first-order valence-corrected chi connectivity index (χ1v) is 6.59. The first-order valence-electron chi connectivity index (χ1n) is 6.59. The van der Waals surface area contributed by atoms with Crippen LogP contribution in [0.2, 0.25) is 0 Å². The second-order valence-electron chi connectivity index (χ2n) is 6.41. The molecule has 0 aromatic carbocycles. The average Bonchev–Trinajstić information content (AvgIpc) is 2.14. The second-order valence-corrected chi connectivity index (χ2v) is 6.41. The van der Waals surface area contributed by atoms with Crippen LogP contribution < -0.4 is 0 Å². The van der Waals surface area contributed by atoms with Gasteiger partial charge in [0, 0.05) is 6.61 Å². The average molecular weight is 212 g/mol. The smallest absolute Gasteiger partial charge is 0.0552 e. The Morgan fingerprint density at radius 1 is 1.13 bits per heavy atom. The van der Waals surface area contributed by atoms with E-state index in [1.807, 2.05) is 0 Å². The van der Waals surface area contributed by atoms with Crippen LogP contribution in [-0.2, 0) is 4.74 Å². The molecule has 0 aromatic heterocycles. The molecule has 1 aliphatic carbocycles. The molecule has 0 heterocycles. The molecule has 0 bridgehead atoms. The van der Waals surface area contributed by atoms with Crippen molar-refractivity contribution in [3.8, 4) is 0 Å². The van der Waals surface area contributed by atoms with Crippen molar-refractivity contribution in [3.63, 3.8) is 0 Å². The minimum atomic E-state index is 0.395. The summed E-state index contributed by atoms with van der Waals surface area (Å²) in [6.07, 6.45) is 8.65. The zero-order valence-corrected chi connectivity index (χ0v) is 11.0. The van der Waals surface area contributed by atoms with Crippen molar-refractivity contribution in [2.24, 2.45) is 11.3 Å². The predicted octanol–water partition coefficient (Wildman–Crippen LogP) is 4.41. The van der Waals surface area contributed by atoms with E-state index in [1.165, 1.54) is 38.5 Å². The lowest BCUT2D eigenvalue weighted by Gasteiger charge is -2.27. The molecule has 1 aliphatic rings. The molecule has 0 radical (unpaired) electrons. The van der Waals surface area contributed by atoms with Crippen LogP contribution in [0.4, 0.5) is 0 Å². The van der Waals surface area contributed by atoms with E-state index < -0.39 is 0 Å². The fourth-order valence-corrected chi connectivity index (χ4v) is 2.58. The molecule has 0 spiro atoms.